The van der Waals surface area contributed by atoms with E-state index in [9.17, 15) is 4.79 Å². The lowest BCUT2D eigenvalue weighted by atomic mass is 10.00. The number of carbonyl (C=O) groups is 1. The molecule has 1 aliphatic rings. The van der Waals surface area contributed by atoms with Crippen molar-refractivity contribution in [3.63, 3.8) is 0 Å². The van der Waals surface area contributed by atoms with Crippen LogP contribution in [0, 0.1) is 18.3 Å². The lowest BCUT2D eigenvalue weighted by Crippen LogP contribution is -2.29. The van der Waals surface area contributed by atoms with E-state index < -0.39 is 0 Å². The first-order valence-electron chi connectivity index (χ1n) is 4.29. The van der Waals surface area contributed by atoms with Gasteiger partial charge in [0.1, 0.15) is 12.4 Å². The predicted molar refractivity (Wildman–Crippen MR) is 58.9 cm³/mol. The highest BCUT2D eigenvalue weighted by Crippen LogP contribution is 2.27. The van der Waals surface area contributed by atoms with Crippen LogP contribution in [0.3, 0.4) is 0 Å². The minimum absolute atomic E-state index is 0.123. The summed E-state index contributed by atoms with van der Waals surface area (Å²) in [6.07, 6.45) is 10.7. The quantitative estimate of drug-likeness (QED) is 0.429. The molecule has 0 bridgehead atoms. The van der Waals surface area contributed by atoms with Crippen molar-refractivity contribution in [1.29, 1.82) is 0 Å². The van der Waals surface area contributed by atoms with Gasteiger partial charge in [-0.2, -0.15) is 0 Å². The van der Waals surface area contributed by atoms with Crippen LogP contribution >= 0.6 is 15.9 Å². The molecule has 14 heavy (non-hydrogen) atoms. The standard InChI is InChI=1S/C11H11BrO2/c1-3-10-9(12)7-8(2)11(14-10)5-4-6-13/h1,4-8,10-11H,2H3/b5-4+/t8-,10-,11-/m1/s1. The maximum Gasteiger partial charge on any atom is 0.150 e. The van der Waals surface area contributed by atoms with Crippen LogP contribution in [0.1, 0.15) is 6.92 Å². The monoisotopic (exact) mass is 254 g/mol. The zero-order valence-electron chi connectivity index (χ0n) is 7.81. The maximum absolute atomic E-state index is 10.2. The Morgan fingerprint density at radius 3 is 3.00 bits per heavy atom. The van der Waals surface area contributed by atoms with Crippen LogP contribution in [0.2, 0.25) is 0 Å². The van der Waals surface area contributed by atoms with Gasteiger partial charge < -0.3 is 4.74 Å². The molecule has 0 N–H and O–H groups in total. The fourth-order valence-electron chi connectivity index (χ4n) is 1.27. The van der Waals surface area contributed by atoms with Crippen LogP contribution in [0.15, 0.2) is 22.7 Å². The molecule has 0 fully saturated rings. The molecule has 1 rings (SSSR count). The third-order valence-corrected chi connectivity index (χ3v) is 2.69. The molecule has 0 amide bonds. The molecule has 0 aromatic carbocycles. The van der Waals surface area contributed by atoms with Crippen LogP contribution in [-0.2, 0) is 9.53 Å². The molecular weight excluding hydrogens is 244 g/mol. The molecule has 74 valence electrons. The van der Waals surface area contributed by atoms with Crippen LogP contribution in [0.5, 0.6) is 0 Å². The second-order valence-electron chi connectivity index (χ2n) is 3.08. The summed E-state index contributed by atoms with van der Waals surface area (Å²) in [5, 5.41) is 0. The molecule has 0 aromatic heterocycles. The Hall–Kier alpha value is -0.850. The van der Waals surface area contributed by atoms with Crippen molar-refractivity contribution in [2.24, 2.45) is 5.92 Å². The largest absolute Gasteiger partial charge is 0.352 e. The van der Waals surface area contributed by atoms with Crippen molar-refractivity contribution in [3.05, 3.63) is 22.7 Å². The highest BCUT2D eigenvalue weighted by atomic mass is 79.9. The second kappa shape index (κ2) is 5.14. The zero-order valence-corrected chi connectivity index (χ0v) is 9.40. The van der Waals surface area contributed by atoms with E-state index in [0.29, 0.717) is 0 Å². The average Bonchev–Trinajstić information content (AvgIpc) is 2.17. The molecular formula is C11H11BrO2. The van der Waals surface area contributed by atoms with Gasteiger partial charge in [0.25, 0.3) is 0 Å². The number of allylic oxidation sites excluding steroid dienone is 1. The summed E-state index contributed by atoms with van der Waals surface area (Å²) in [4.78, 5) is 10.2. The zero-order chi connectivity index (χ0) is 10.6. The summed E-state index contributed by atoms with van der Waals surface area (Å²) >= 11 is 3.35. The smallest absolute Gasteiger partial charge is 0.150 e. The number of hydrogen-bond acceptors (Lipinski definition) is 2. The van der Waals surface area contributed by atoms with E-state index in [-0.39, 0.29) is 18.1 Å². The van der Waals surface area contributed by atoms with Crippen LogP contribution in [-0.4, -0.2) is 18.5 Å². The highest BCUT2D eigenvalue weighted by Gasteiger charge is 2.25. The topological polar surface area (TPSA) is 26.3 Å². The van der Waals surface area contributed by atoms with E-state index in [1.54, 1.807) is 6.08 Å². The van der Waals surface area contributed by atoms with Gasteiger partial charge in [-0.25, -0.2) is 0 Å². The third-order valence-electron chi connectivity index (χ3n) is 2.01. The molecule has 0 aromatic rings. The number of hydrogen-bond donors (Lipinski definition) is 0. The maximum atomic E-state index is 10.2. The Labute approximate surface area is 92.1 Å². The number of rotatable bonds is 2. The Kier molecular flexibility index (Phi) is 4.12. The van der Waals surface area contributed by atoms with Gasteiger partial charge in [0.2, 0.25) is 0 Å². The van der Waals surface area contributed by atoms with Crippen LogP contribution in [0.25, 0.3) is 0 Å². The average molecular weight is 255 g/mol. The molecule has 0 spiro atoms. The first-order chi connectivity index (χ1) is 6.69. The van der Waals surface area contributed by atoms with E-state index in [2.05, 4.69) is 21.9 Å². The lowest BCUT2D eigenvalue weighted by Gasteiger charge is -2.28. The van der Waals surface area contributed by atoms with Crippen molar-refractivity contribution in [2.45, 2.75) is 19.1 Å². The Bertz CT molecular complexity index is 312. The summed E-state index contributed by atoms with van der Waals surface area (Å²) in [6, 6.07) is 0. The molecule has 1 heterocycles. The van der Waals surface area contributed by atoms with Crippen molar-refractivity contribution in [3.8, 4) is 12.3 Å². The van der Waals surface area contributed by atoms with Crippen LogP contribution in [0.4, 0.5) is 0 Å². The van der Waals surface area contributed by atoms with Gasteiger partial charge in [0.05, 0.1) is 6.10 Å². The number of halogens is 1. The Morgan fingerprint density at radius 1 is 1.71 bits per heavy atom. The van der Waals surface area contributed by atoms with Crippen molar-refractivity contribution >= 4 is 22.2 Å². The first kappa shape index (κ1) is 11.2. The highest BCUT2D eigenvalue weighted by molar-refractivity contribution is 9.11. The minimum Gasteiger partial charge on any atom is -0.352 e. The van der Waals surface area contributed by atoms with Gasteiger partial charge in [-0.3, -0.25) is 4.79 Å². The second-order valence-corrected chi connectivity index (χ2v) is 3.99. The molecule has 3 heteroatoms. The van der Waals surface area contributed by atoms with Gasteiger partial charge in [-0.15, -0.1) is 6.42 Å². The van der Waals surface area contributed by atoms with E-state index in [0.717, 1.165) is 10.8 Å². The van der Waals surface area contributed by atoms with Gasteiger partial charge in [0, 0.05) is 10.4 Å². The SMILES string of the molecule is C#C[C@H]1O[C@H](/C=C/C=O)[C@H](C)C=C1Br. The van der Waals surface area contributed by atoms with E-state index in [4.69, 9.17) is 11.2 Å². The fourth-order valence-corrected chi connectivity index (χ4v) is 1.93. The van der Waals surface area contributed by atoms with Crippen molar-refractivity contribution in [2.75, 3.05) is 0 Å². The van der Waals surface area contributed by atoms with Gasteiger partial charge in [-0.05, 0) is 6.08 Å². The van der Waals surface area contributed by atoms with Gasteiger partial charge >= 0.3 is 0 Å². The van der Waals surface area contributed by atoms with Gasteiger partial charge in [-0.1, -0.05) is 40.9 Å². The predicted octanol–water partition coefficient (Wildman–Crippen LogP) is 2.06. The number of aldehydes is 1. The minimum atomic E-state index is -0.340. The molecule has 0 unspecified atom stereocenters. The molecule has 0 saturated carbocycles. The van der Waals surface area contributed by atoms with Gasteiger partial charge in [0.15, 0.2) is 0 Å². The molecule has 1 aliphatic heterocycles. The van der Waals surface area contributed by atoms with E-state index >= 15 is 0 Å². The summed E-state index contributed by atoms with van der Waals surface area (Å²) in [6.45, 7) is 2.01. The van der Waals surface area contributed by atoms with Crippen LogP contribution < -0.4 is 0 Å². The molecule has 0 aliphatic carbocycles. The Morgan fingerprint density at radius 2 is 2.43 bits per heavy atom. The number of terminal acetylenes is 1. The molecule has 0 saturated heterocycles. The first-order valence-corrected chi connectivity index (χ1v) is 5.09. The van der Waals surface area contributed by atoms with Crippen molar-refractivity contribution in [1.82, 2.24) is 0 Å². The number of carbonyl (C=O) groups excluding carboxylic acids is 1. The molecule has 0 radical (unpaired) electrons. The normalized spacial score (nSPS) is 32.4. The third kappa shape index (κ3) is 2.57. The molecule has 2 nitrogen and oxygen atoms in total. The number of ether oxygens (including phenoxy) is 1. The fraction of sp³-hybridized carbons (Fsp3) is 0.364. The summed E-state index contributed by atoms with van der Waals surface area (Å²) < 4.78 is 6.44. The lowest BCUT2D eigenvalue weighted by molar-refractivity contribution is -0.104. The van der Waals surface area contributed by atoms with E-state index in [1.807, 2.05) is 13.0 Å². The van der Waals surface area contributed by atoms with Crippen molar-refractivity contribution < 1.29 is 9.53 Å². The summed E-state index contributed by atoms with van der Waals surface area (Å²) in [5.41, 5.74) is 0. The Balaban J connectivity index is 2.79. The van der Waals surface area contributed by atoms with E-state index in [1.165, 1.54) is 6.08 Å². The molecule has 3 atom stereocenters. The summed E-state index contributed by atoms with van der Waals surface area (Å²) in [7, 11) is 0. The summed E-state index contributed by atoms with van der Waals surface area (Å²) in [5.74, 6) is 2.73.